The van der Waals surface area contributed by atoms with Gasteiger partial charge in [-0.15, -0.1) is 0 Å². The summed E-state index contributed by atoms with van der Waals surface area (Å²) in [4.78, 5) is 18.9. The molecule has 1 amide bonds. The Hall–Kier alpha value is -1.62. The molecule has 4 rings (SSSR count). The molecule has 0 saturated carbocycles. The Labute approximate surface area is 112 Å². The van der Waals surface area contributed by atoms with Crippen molar-refractivity contribution in [2.24, 2.45) is 5.92 Å². The summed E-state index contributed by atoms with van der Waals surface area (Å²) in [5, 5.41) is 3.13. The number of hydrogen-bond donors (Lipinski definition) is 1. The zero-order valence-corrected chi connectivity index (χ0v) is 10.8. The summed E-state index contributed by atoms with van der Waals surface area (Å²) >= 11 is 0. The van der Waals surface area contributed by atoms with Crippen LogP contribution < -0.4 is 10.1 Å². The average Bonchev–Trinajstić information content (AvgIpc) is 3.13. The normalized spacial score (nSPS) is 31.1. The molecule has 2 bridgehead atoms. The van der Waals surface area contributed by atoms with Crippen LogP contribution >= 0.6 is 0 Å². The van der Waals surface area contributed by atoms with Crippen molar-refractivity contribution in [3.63, 3.8) is 0 Å². The molecule has 3 aliphatic heterocycles. The molecular weight excluding hydrogens is 242 g/mol. The number of aromatic nitrogens is 1. The van der Waals surface area contributed by atoms with Crippen LogP contribution in [0.5, 0.6) is 5.75 Å². The van der Waals surface area contributed by atoms with E-state index < -0.39 is 0 Å². The van der Waals surface area contributed by atoms with Gasteiger partial charge in [0.1, 0.15) is 11.4 Å². The molecule has 0 radical (unpaired) electrons. The molecule has 19 heavy (non-hydrogen) atoms. The number of rotatable bonds is 2. The van der Waals surface area contributed by atoms with Gasteiger partial charge in [-0.1, -0.05) is 0 Å². The lowest BCUT2D eigenvalue weighted by molar-refractivity contribution is 0.0919. The van der Waals surface area contributed by atoms with Crippen molar-refractivity contribution >= 4 is 5.91 Å². The Balaban J connectivity index is 1.48. The van der Waals surface area contributed by atoms with E-state index in [4.69, 9.17) is 4.74 Å². The van der Waals surface area contributed by atoms with Gasteiger partial charge >= 0.3 is 0 Å². The molecule has 5 heteroatoms. The Kier molecular flexibility index (Phi) is 2.48. The lowest BCUT2D eigenvalue weighted by atomic mass is 10.00. The minimum absolute atomic E-state index is 0.0477. The predicted octanol–water partition coefficient (Wildman–Crippen LogP) is 0.450. The third-order valence-electron chi connectivity index (χ3n) is 4.46. The van der Waals surface area contributed by atoms with Gasteiger partial charge in [0.05, 0.1) is 12.8 Å². The summed E-state index contributed by atoms with van der Waals surface area (Å²) < 4.78 is 5.41. The van der Waals surface area contributed by atoms with Gasteiger partial charge in [0.2, 0.25) is 0 Å². The molecule has 1 aromatic heterocycles. The van der Waals surface area contributed by atoms with Crippen molar-refractivity contribution in [2.45, 2.75) is 18.9 Å². The van der Waals surface area contributed by atoms with Crippen LogP contribution in [0, 0.1) is 5.92 Å². The number of carbonyl (C=O) groups is 1. The number of amides is 1. The molecule has 3 unspecified atom stereocenters. The molecule has 3 aliphatic rings. The topological polar surface area (TPSA) is 54.5 Å². The highest BCUT2D eigenvalue weighted by Gasteiger charge is 2.38. The molecule has 0 spiro atoms. The molecule has 1 aromatic rings. The van der Waals surface area contributed by atoms with Crippen molar-refractivity contribution < 1.29 is 9.53 Å². The fourth-order valence-corrected chi connectivity index (χ4v) is 3.39. The van der Waals surface area contributed by atoms with Crippen LogP contribution in [0.25, 0.3) is 0 Å². The van der Waals surface area contributed by atoms with Crippen molar-refractivity contribution in [1.82, 2.24) is 15.2 Å². The second-order valence-corrected chi connectivity index (χ2v) is 5.66. The summed E-state index contributed by atoms with van der Waals surface area (Å²) in [6.45, 7) is 4.01. The number of fused-ring (bicyclic) bond motifs is 3. The second-order valence-electron chi connectivity index (χ2n) is 5.66. The van der Waals surface area contributed by atoms with Gasteiger partial charge in [-0.2, -0.15) is 0 Å². The van der Waals surface area contributed by atoms with Crippen molar-refractivity contribution in [3.8, 4) is 5.75 Å². The van der Waals surface area contributed by atoms with Crippen LogP contribution in [-0.4, -0.2) is 48.1 Å². The Morgan fingerprint density at radius 3 is 3.21 bits per heavy atom. The van der Waals surface area contributed by atoms with E-state index in [2.05, 4.69) is 15.2 Å². The maximum absolute atomic E-state index is 12.2. The summed E-state index contributed by atoms with van der Waals surface area (Å²) in [5.41, 5.74) is 1.61. The molecule has 2 fully saturated rings. The molecule has 5 nitrogen and oxygen atoms in total. The van der Waals surface area contributed by atoms with Crippen LogP contribution in [-0.2, 0) is 6.42 Å². The molecule has 0 aliphatic carbocycles. The zero-order valence-electron chi connectivity index (χ0n) is 10.8. The van der Waals surface area contributed by atoms with Gasteiger partial charge in [-0.05, 0) is 24.9 Å². The van der Waals surface area contributed by atoms with Gasteiger partial charge in [0.25, 0.3) is 5.91 Å². The first kappa shape index (κ1) is 11.2. The number of carbonyl (C=O) groups excluding carboxylic acids is 1. The summed E-state index contributed by atoms with van der Waals surface area (Å²) in [6.07, 6.45) is 3.75. The molecule has 0 aromatic carbocycles. The monoisotopic (exact) mass is 259 g/mol. The van der Waals surface area contributed by atoms with E-state index in [1.165, 1.54) is 13.0 Å². The highest BCUT2D eigenvalue weighted by molar-refractivity contribution is 5.92. The second kappa shape index (κ2) is 4.20. The average molecular weight is 259 g/mol. The highest BCUT2D eigenvalue weighted by Crippen LogP contribution is 2.28. The Morgan fingerprint density at radius 2 is 2.42 bits per heavy atom. The fourth-order valence-electron chi connectivity index (χ4n) is 3.39. The summed E-state index contributed by atoms with van der Waals surface area (Å²) in [6, 6.07) is 2.16. The van der Waals surface area contributed by atoms with Crippen LogP contribution in [0.3, 0.4) is 0 Å². The number of hydrogen-bond acceptors (Lipinski definition) is 4. The van der Waals surface area contributed by atoms with E-state index in [-0.39, 0.29) is 5.91 Å². The van der Waals surface area contributed by atoms with E-state index in [0.29, 0.717) is 24.3 Å². The highest BCUT2D eigenvalue weighted by atomic mass is 16.5. The first-order valence-corrected chi connectivity index (χ1v) is 6.94. The molecule has 4 heterocycles. The third kappa shape index (κ3) is 1.89. The quantitative estimate of drug-likeness (QED) is 0.838. The molecular formula is C14H17N3O2. The van der Waals surface area contributed by atoms with E-state index in [1.807, 2.05) is 6.07 Å². The first-order valence-electron chi connectivity index (χ1n) is 6.94. The SMILES string of the molecule is O=C(NC1CN2CCC1C2)c1cc2c(cn1)OCC2. The molecule has 3 atom stereocenters. The van der Waals surface area contributed by atoms with E-state index in [1.54, 1.807) is 6.20 Å². The molecule has 100 valence electrons. The van der Waals surface area contributed by atoms with Crippen LogP contribution in [0.4, 0.5) is 0 Å². The summed E-state index contributed by atoms with van der Waals surface area (Å²) in [7, 11) is 0. The lowest BCUT2D eigenvalue weighted by Gasteiger charge is -2.22. The zero-order chi connectivity index (χ0) is 12.8. The van der Waals surface area contributed by atoms with Gasteiger partial charge in [-0.25, -0.2) is 4.98 Å². The van der Waals surface area contributed by atoms with Gasteiger partial charge in [0, 0.05) is 31.1 Å². The number of piperidine rings is 1. The number of nitrogens with zero attached hydrogens (tertiary/aromatic N) is 2. The maximum atomic E-state index is 12.2. The summed E-state index contributed by atoms with van der Waals surface area (Å²) in [5.74, 6) is 1.40. The molecule has 2 saturated heterocycles. The maximum Gasteiger partial charge on any atom is 0.270 e. The smallest absolute Gasteiger partial charge is 0.270 e. The third-order valence-corrected chi connectivity index (χ3v) is 4.46. The number of pyridine rings is 1. The van der Waals surface area contributed by atoms with Gasteiger partial charge in [-0.3, -0.25) is 4.79 Å². The van der Waals surface area contributed by atoms with Crippen LogP contribution in [0.2, 0.25) is 0 Å². The molecule has 1 N–H and O–H groups in total. The van der Waals surface area contributed by atoms with E-state index >= 15 is 0 Å². The van der Waals surface area contributed by atoms with E-state index in [9.17, 15) is 4.79 Å². The fraction of sp³-hybridized carbons (Fsp3) is 0.571. The lowest BCUT2D eigenvalue weighted by Crippen LogP contribution is -2.43. The minimum Gasteiger partial charge on any atom is -0.491 e. The standard InChI is InChI=1S/C14H17N3O2/c18-14(16-12-8-17-3-1-10(12)7-17)11-5-9-2-4-19-13(9)6-15-11/h5-6,10,12H,1-4,7-8H2,(H,16,18). The van der Waals surface area contributed by atoms with Gasteiger partial charge < -0.3 is 15.0 Å². The minimum atomic E-state index is -0.0477. The first-order chi connectivity index (χ1) is 9.29. The number of ether oxygens (including phenoxy) is 1. The Morgan fingerprint density at radius 1 is 1.47 bits per heavy atom. The Bertz CT molecular complexity index is 531. The van der Waals surface area contributed by atoms with Crippen LogP contribution in [0.15, 0.2) is 12.3 Å². The number of nitrogens with one attached hydrogen (secondary N) is 1. The van der Waals surface area contributed by atoms with Crippen molar-refractivity contribution in [2.75, 3.05) is 26.2 Å². The largest absolute Gasteiger partial charge is 0.491 e. The van der Waals surface area contributed by atoms with Gasteiger partial charge in [0.15, 0.2) is 0 Å². The van der Waals surface area contributed by atoms with E-state index in [0.717, 1.165) is 30.8 Å². The predicted molar refractivity (Wildman–Crippen MR) is 69.2 cm³/mol. The van der Waals surface area contributed by atoms with Crippen LogP contribution in [0.1, 0.15) is 22.5 Å². The van der Waals surface area contributed by atoms with Crippen molar-refractivity contribution in [3.05, 3.63) is 23.5 Å². The van der Waals surface area contributed by atoms with Crippen molar-refractivity contribution in [1.29, 1.82) is 0 Å².